The van der Waals surface area contributed by atoms with E-state index < -0.39 is 7.12 Å². The van der Waals surface area contributed by atoms with Crippen LogP contribution in [0.3, 0.4) is 0 Å². The van der Waals surface area contributed by atoms with Gasteiger partial charge < -0.3 is 10.0 Å². The first-order chi connectivity index (χ1) is 17.4. The third-order valence-electron chi connectivity index (χ3n) is 5.35. The molecule has 2 N–H and O–H groups in total. The highest BCUT2D eigenvalue weighted by atomic mass is 79.9. The van der Waals surface area contributed by atoms with Crippen LogP contribution in [-0.2, 0) is 0 Å². The molecule has 36 heavy (non-hydrogen) atoms. The van der Waals surface area contributed by atoms with E-state index in [1.54, 1.807) is 30.5 Å². The highest BCUT2D eigenvalue weighted by Gasteiger charge is 2.13. The number of hydrogen-bond donors (Lipinski definition) is 2. The lowest BCUT2D eigenvalue weighted by atomic mass is 9.80. The van der Waals surface area contributed by atoms with Crippen LogP contribution >= 0.6 is 31.9 Å². The normalized spacial score (nSPS) is 10.4. The molecule has 0 amide bonds. The lowest BCUT2D eigenvalue weighted by molar-refractivity contribution is 0.426. The van der Waals surface area contributed by atoms with E-state index in [0.29, 0.717) is 11.3 Å². The number of hydrogen-bond acceptors (Lipinski definition) is 5. The van der Waals surface area contributed by atoms with E-state index in [1.807, 2.05) is 79.7 Å². The van der Waals surface area contributed by atoms with E-state index in [-0.39, 0.29) is 0 Å². The van der Waals surface area contributed by atoms with Gasteiger partial charge in [0.25, 0.3) is 0 Å². The Kier molecular flexibility index (Phi) is 8.77. The first kappa shape index (κ1) is 25.9. The number of benzene rings is 3. The molecule has 0 fully saturated rings. The summed E-state index contributed by atoms with van der Waals surface area (Å²) in [5.74, 6) is 0.592. The molecule has 0 aliphatic carbocycles. The second-order valence-electron chi connectivity index (χ2n) is 7.95. The predicted octanol–water partition coefficient (Wildman–Crippen LogP) is 6.07. The average Bonchev–Trinajstić information content (AvgIpc) is 2.92. The van der Waals surface area contributed by atoms with Crippen LogP contribution in [0.4, 0.5) is 0 Å². The van der Waals surface area contributed by atoms with Crippen molar-refractivity contribution in [3.05, 3.63) is 118 Å². The standard InChI is InChI=1S/C22H17BN2O2.C6H5Br2N/c26-23(27)19-13-11-18(12-14-19)22-24-20(16-7-3-1-4-8-16)15-21(25-22)17-9-5-2-6-10-17;1-4-2-6(8)9-3-5(4)7/h1-15,26-27H;2-3H,1H3. The lowest BCUT2D eigenvalue weighted by Gasteiger charge is -2.09. The molecule has 0 radical (unpaired) electrons. The first-order valence-corrected chi connectivity index (χ1v) is 12.7. The summed E-state index contributed by atoms with van der Waals surface area (Å²) >= 11 is 6.61. The zero-order valence-electron chi connectivity index (χ0n) is 19.4. The van der Waals surface area contributed by atoms with E-state index >= 15 is 0 Å². The van der Waals surface area contributed by atoms with Crippen LogP contribution in [0.5, 0.6) is 0 Å². The molecule has 8 heteroatoms. The number of aromatic nitrogens is 3. The smallest absolute Gasteiger partial charge is 0.423 e. The third kappa shape index (κ3) is 6.74. The molecule has 178 valence electrons. The molecule has 2 heterocycles. The fraction of sp³-hybridized carbons (Fsp3) is 0.0357. The van der Waals surface area contributed by atoms with Gasteiger partial charge in [-0.05, 0) is 61.9 Å². The van der Waals surface area contributed by atoms with Crippen LogP contribution in [0, 0.1) is 6.92 Å². The van der Waals surface area contributed by atoms with Crippen molar-refractivity contribution in [2.24, 2.45) is 0 Å². The topological polar surface area (TPSA) is 79.1 Å². The van der Waals surface area contributed by atoms with Gasteiger partial charge >= 0.3 is 7.12 Å². The van der Waals surface area contributed by atoms with Gasteiger partial charge in [0.2, 0.25) is 0 Å². The van der Waals surface area contributed by atoms with Gasteiger partial charge in [0.05, 0.1) is 11.4 Å². The van der Waals surface area contributed by atoms with E-state index in [1.165, 1.54) is 5.56 Å². The monoisotopic (exact) mass is 601 g/mol. The van der Waals surface area contributed by atoms with Gasteiger partial charge in [-0.3, -0.25) is 0 Å². The maximum absolute atomic E-state index is 9.30. The van der Waals surface area contributed by atoms with Crippen LogP contribution < -0.4 is 5.46 Å². The van der Waals surface area contributed by atoms with Gasteiger partial charge in [-0.2, -0.15) is 0 Å². The lowest BCUT2D eigenvalue weighted by Crippen LogP contribution is -2.29. The number of pyridine rings is 1. The minimum atomic E-state index is -1.49. The second-order valence-corrected chi connectivity index (χ2v) is 9.61. The van der Waals surface area contributed by atoms with Crippen molar-refractivity contribution in [2.45, 2.75) is 6.92 Å². The van der Waals surface area contributed by atoms with Crippen molar-refractivity contribution in [3.63, 3.8) is 0 Å². The molecule has 3 aromatic carbocycles. The van der Waals surface area contributed by atoms with Gasteiger partial charge in [0.15, 0.2) is 5.82 Å². The number of nitrogens with zero attached hydrogens (tertiary/aromatic N) is 3. The molecule has 5 aromatic rings. The van der Waals surface area contributed by atoms with Crippen LogP contribution in [0.25, 0.3) is 33.9 Å². The Labute approximate surface area is 227 Å². The fourth-order valence-corrected chi connectivity index (χ4v) is 4.06. The van der Waals surface area contributed by atoms with Gasteiger partial charge in [-0.25, -0.2) is 15.0 Å². The quantitative estimate of drug-likeness (QED) is 0.193. The summed E-state index contributed by atoms with van der Waals surface area (Å²) in [6.45, 7) is 2.02. The Balaban J connectivity index is 0.000000286. The summed E-state index contributed by atoms with van der Waals surface area (Å²) < 4.78 is 1.92. The second kappa shape index (κ2) is 12.2. The number of rotatable bonds is 4. The Bertz CT molecular complexity index is 1380. The van der Waals surface area contributed by atoms with E-state index in [9.17, 15) is 10.0 Å². The van der Waals surface area contributed by atoms with Gasteiger partial charge in [-0.15, -0.1) is 0 Å². The molecule has 0 unspecified atom stereocenters. The van der Waals surface area contributed by atoms with Crippen molar-refractivity contribution >= 4 is 44.4 Å². The van der Waals surface area contributed by atoms with Crippen LogP contribution in [0.1, 0.15) is 5.56 Å². The Morgan fingerprint density at radius 2 is 1.19 bits per heavy atom. The average molecular weight is 603 g/mol. The minimum absolute atomic E-state index is 0.432. The summed E-state index contributed by atoms with van der Waals surface area (Å²) in [5, 5.41) is 18.6. The van der Waals surface area contributed by atoms with E-state index in [2.05, 4.69) is 36.8 Å². The zero-order chi connectivity index (χ0) is 25.5. The summed E-state index contributed by atoms with van der Waals surface area (Å²) in [7, 11) is -1.49. The van der Waals surface area contributed by atoms with Gasteiger partial charge in [0, 0.05) is 27.4 Å². The van der Waals surface area contributed by atoms with Crippen LogP contribution in [0.2, 0.25) is 0 Å². The molecule has 0 spiro atoms. The molecule has 5 rings (SSSR count). The Hall–Kier alpha value is -3.17. The Morgan fingerprint density at radius 3 is 1.64 bits per heavy atom. The molecular weight excluding hydrogens is 581 g/mol. The summed E-state index contributed by atoms with van der Waals surface area (Å²) in [6.07, 6.45) is 1.78. The molecule has 0 saturated carbocycles. The first-order valence-electron chi connectivity index (χ1n) is 11.1. The summed E-state index contributed by atoms with van der Waals surface area (Å²) in [4.78, 5) is 13.5. The summed E-state index contributed by atoms with van der Waals surface area (Å²) in [5.41, 5.74) is 6.14. The highest BCUT2D eigenvalue weighted by molar-refractivity contribution is 9.11. The van der Waals surface area contributed by atoms with Crippen LogP contribution in [-0.4, -0.2) is 32.1 Å². The zero-order valence-corrected chi connectivity index (χ0v) is 22.6. The third-order valence-corrected chi connectivity index (χ3v) is 6.61. The molecule has 0 saturated heterocycles. The fourth-order valence-electron chi connectivity index (χ4n) is 3.40. The van der Waals surface area contributed by atoms with Crippen molar-refractivity contribution in [2.75, 3.05) is 0 Å². The van der Waals surface area contributed by atoms with Crippen molar-refractivity contribution in [1.29, 1.82) is 0 Å². The molecule has 2 aromatic heterocycles. The largest absolute Gasteiger partial charge is 0.488 e. The minimum Gasteiger partial charge on any atom is -0.423 e. The van der Waals surface area contributed by atoms with Gasteiger partial charge in [-0.1, -0.05) is 84.9 Å². The molecular formula is C28H22BBr2N3O2. The van der Waals surface area contributed by atoms with Gasteiger partial charge in [0.1, 0.15) is 4.60 Å². The number of halogens is 2. The highest BCUT2D eigenvalue weighted by Crippen LogP contribution is 2.27. The molecule has 0 aliphatic heterocycles. The van der Waals surface area contributed by atoms with Crippen molar-refractivity contribution < 1.29 is 10.0 Å². The van der Waals surface area contributed by atoms with Crippen molar-refractivity contribution in [3.8, 4) is 33.9 Å². The SMILES string of the molecule is Cc1cc(Br)ncc1Br.OB(O)c1ccc(-c2nc(-c3ccccc3)cc(-c3ccccc3)n2)cc1. The molecule has 0 atom stereocenters. The molecule has 0 aliphatic rings. The Morgan fingerprint density at radius 1 is 0.667 bits per heavy atom. The number of aryl methyl sites for hydroxylation is 1. The maximum Gasteiger partial charge on any atom is 0.488 e. The van der Waals surface area contributed by atoms with Crippen molar-refractivity contribution in [1.82, 2.24) is 15.0 Å². The van der Waals surface area contributed by atoms with E-state index in [4.69, 9.17) is 9.97 Å². The maximum atomic E-state index is 9.30. The van der Waals surface area contributed by atoms with E-state index in [0.717, 1.165) is 37.2 Å². The predicted molar refractivity (Wildman–Crippen MR) is 153 cm³/mol. The molecule has 5 nitrogen and oxygen atoms in total. The molecule has 0 bridgehead atoms. The summed E-state index contributed by atoms with van der Waals surface area (Å²) in [6, 6.07) is 30.8. The van der Waals surface area contributed by atoms with Crippen LogP contribution in [0.15, 0.2) is 112 Å².